The van der Waals surface area contributed by atoms with Crippen molar-refractivity contribution in [1.82, 2.24) is 14.5 Å². The van der Waals surface area contributed by atoms with Gasteiger partial charge >= 0.3 is 0 Å². The van der Waals surface area contributed by atoms with Crippen molar-refractivity contribution in [3.05, 3.63) is 54.1 Å². The van der Waals surface area contributed by atoms with Gasteiger partial charge in [0.2, 0.25) is 10.0 Å². The SMILES string of the molecule is CN=C(NCc1ccccc1S(=O)(=O)N(C)C)N1CCN(c2ccccc2O)CC1. The zero-order valence-corrected chi connectivity index (χ0v) is 18.4. The van der Waals surface area contributed by atoms with Crippen LogP contribution in [0, 0.1) is 0 Å². The van der Waals surface area contributed by atoms with Crippen LogP contribution in [0.1, 0.15) is 5.56 Å². The number of hydrogen-bond donors (Lipinski definition) is 2. The normalized spacial score (nSPS) is 15.5. The Morgan fingerprint density at radius 2 is 1.70 bits per heavy atom. The van der Waals surface area contributed by atoms with Crippen molar-refractivity contribution in [2.75, 3.05) is 52.2 Å². The van der Waals surface area contributed by atoms with Gasteiger partial charge in [0.05, 0.1) is 10.6 Å². The van der Waals surface area contributed by atoms with Gasteiger partial charge in [0.25, 0.3) is 0 Å². The van der Waals surface area contributed by atoms with Crippen LogP contribution in [0.2, 0.25) is 0 Å². The summed E-state index contributed by atoms with van der Waals surface area (Å²) < 4.78 is 26.4. The Labute approximate surface area is 178 Å². The Morgan fingerprint density at radius 1 is 1.07 bits per heavy atom. The predicted octanol–water partition coefficient (Wildman–Crippen LogP) is 1.54. The molecule has 2 aromatic carbocycles. The fraction of sp³-hybridized carbons (Fsp3) is 0.381. The molecule has 1 aliphatic heterocycles. The number of para-hydroxylation sites is 2. The maximum absolute atomic E-state index is 12.6. The van der Waals surface area contributed by atoms with E-state index in [1.807, 2.05) is 30.3 Å². The van der Waals surface area contributed by atoms with E-state index in [2.05, 4.69) is 20.1 Å². The van der Waals surface area contributed by atoms with Gasteiger partial charge in [-0.05, 0) is 23.8 Å². The lowest BCUT2D eigenvalue weighted by Gasteiger charge is -2.37. The minimum absolute atomic E-state index is 0.284. The third-order valence-corrected chi connectivity index (χ3v) is 7.10. The van der Waals surface area contributed by atoms with Crippen LogP contribution in [0.5, 0.6) is 5.75 Å². The Kier molecular flexibility index (Phi) is 6.84. The first-order valence-electron chi connectivity index (χ1n) is 9.83. The number of aliphatic imine (C=N–C) groups is 1. The van der Waals surface area contributed by atoms with Gasteiger partial charge in [0, 0.05) is 53.9 Å². The molecule has 0 aromatic heterocycles. The van der Waals surface area contributed by atoms with E-state index in [1.165, 1.54) is 18.4 Å². The third-order valence-electron chi connectivity index (χ3n) is 5.18. The molecule has 1 aliphatic rings. The Bertz CT molecular complexity index is 999. The third kappa shape index (κ3) is 4.68. The lowest BCUT2D eigenvalue weighted by molar-refractivity contribution is 0.369. The van der Waals surface area contributed by atoms with E-state index >= 15 is 0 Å². The first kappa shape index (κ1) is 21.9. The van der Waals surface area contributed by atoms with Gasteiger partial charge in [-0.2, -0.15) is 0 Å². The van der Waals surface area contributed by atoms with E-state index in [0.717, 1.165) is 37.8 Å². The number of anilines is 1. The highest BCUT2D eigenvalue weighted by Crippen LogP contribution is 2.27. The zero-order valence-electron chi connectivity index (χ0n) is 17.6. The molecule has 0 amide bonds. The smallest absolute Gasteiger partial charge is 0.242 e. The highest BCUT2D eigenvalue weighted by molar-refractivity contribution is 7.89. The van der Waals surface area contributed by atoms with Crippen LogP contribution in [-0.2, 0) is 16.6 Å². The second kappa shape index (κ2) is 9.36. The Morgan fingerprint density at radius 3 is 2.33 bits per heavy atom. The molecule has 9 heteroatoms. The van der Waals surface area contributed by atoms with Gasteiger partial charge in [0.1, 0.15) is 5.75 Å². The largest absolute Gasteiger partial charge is 0.506 e. The topological polar surface area (TPSA) is 88.5 Å². The first-order chi connectivity index (χ1) is 14.3. The molecular formula is C21H29N5O3S. The van der Waals surface area contributed by atoms with Crippen LogP contribution in [0.25, 0.3) is 0 Å². The molecule has 0 radical (unpaired) electrons. The molecule has 0 unspecified atom stereocenters. The fourth-order valence-corrected chi connectivity index (χ4v) is 4.61. The minimum atomic E-state index is -3.52. The van der Waals surface area contributed by atoms with Crippen molar-refractivity contribution in [2.24, 2.45) is 4.99 Å². The van der Waals surface area contributed by atoms with E-state index in [1.54, 1.807) is 25.2 Å². The minimum Gasteiger partial charge on any atom is -0.506 e. The molecule has 0 atom stereocenters. The maximum atomic E-state index is 12.6. The quantitative estimate of drug-likeness (QED) is 0.552. The molecule has 1 heterocycles. The first-order valence-corrected chi connectivity index (χ1v) is 11.3. The number of guanidine groups is 1. The summed E-state index contributed by atoms with van der Waals surface area (Å²) in [6.07, 6.45) is 0. The second-order valence-electron chi connectivity index (χ2n) is 7.26. The summed E-state index contributed by atoms with van der Waals surface area (Å²) in [7, 11) is 1.26. The van der Waals surface area contributed by atoms with E-state index in [-0.39, 0.29) is 5.75 Å². The molecule has 1 fully saturated rings. The standard InChI is InChI=1S/C21H29N5O3S/c1-22-21(23-16-17-8-4-7-11-20(17)30(28,29)24(2)3)26-14-12-25(13-15-26)18-9-5-6-10-19(18)27/h4-11,27H,12-16H2,1-3H3,(H,22,23). The molecule has 0 bridgehead atoms. The maximum Gasteiger partial charge on any atom is 0.242 e. The number of phenolic OH excluding ortho intramolecular Hbond substituents is 1. The van der Waals surface area contributed by atoms with Crippen molar-refractivity contribution in [3.8, 4) is 5.75 Å². The summed E-state index contributed by atoms with van der Waals surface area (Å²) in [5.74, 6) is 1.01. The number of piperazine rings is 1. The van der Waals surface area contributed by atoms with Crippen molar-refractivity contribution in [2.45, 2.75) is 11.4 Å². The van der Waals surface area contributed by atoms with E-state index < -0.39 is 10.0 Å². The predicted molar refractivity (Wildman–Crippen MR) is 119 cm³/mol. The van der Waals surface area contributed by atoms with E-state index in [0.29, 0.717) is 17.0 Å². The number of nitrogens with zero attached hydrogens (tertiary/aromatic N) is 4. The van der Waals surface area contributed by atoms with Crippen LogP contribution >= 0.6 is 0 Å². The number of sulfonamides is 1. The number of benzene rings is 2. The second-order valence-corrected chi connectivity index (χ2v) is 9.38. The van der Waals surface area contributed by atoms with Gasteiger partial charge < -0.3 is 20.2 Å². The lowest BCUT2D eigenvalue weighted by Crippen LogP contribution is -2.52. The number of hydrogen-bond acceptors (Lipinski definition) is 5. The highest BCUT2D eigenvalue weighted by Gasteiger charge is 2.23. The number of rotatable bonds is 5. The lowest BCUT2D eigenvalue weighted by atomic mass is 10.2. The van der Waals surface area contributed by atoms with Crippen LogP contribution in [0.3, 0.4) is 0 Å². The summed E-state index contributed by atoms with van der Waals surface area (Å²) in [4.78, 5) is 8.96. The van der Waals surface area contributed by atoms with Crippen LogP contribution < -0.4 is 10.2 Å². The van der Waals surface area contributed by atoms with Crippen LogP contribution in [-0.4, -0.2) is 76.0 Å². The number of aromatic hydroxyl groups is 1. The molecule has 0 saturated carbocycles. The average Bonchev–Trinajstić information content (AvgIpc) is 2.75. The van der Waals surface area contributed by atoms with Crippen molar-refractivity contribution < 1.29 is 13.5 Å². The monoisotopic (exact) mass is 431 g/mol. The summed E-state index contributed by atoms with van der Waals surface area (Å²) >= 11 is 0. The van der Waals surface area contributed by atoms with Crippen molar-refractivity contribution >= 4 is 21.7 Å². The molecule has 1 saturated heterocycles. The zero-order chi connectivity index (χ0) is 21.7. The Hall–Kier alpha value is -2.78. The summed E-state index contributed by atoms with van der Waals surface area (Å²) in [5.41, 5.74) is 1.53. The van der Waals surface area contributed by atoms with Gasteiger partial charge in [0.15, 0.2) is 5.96 Å². The summed E-state index contributed by atoms with van der Waals surface area (Å²) in [6.45, 7) is 3.35. The van der Waals surface area contributed by atoms with Gasteiger partial charge in [-0.1, -0.05) is 30.3 Å². The number of phenols is 1. The van der Waals surface area contributed by atoms with Crippen LogP contribution in [0.4, 0.5) is 5.69 Å². The molecule has 2 aromatic rings. The average molecular weight is 432 g/mol. The highest BCUT2D eigenvalue weighted by atomic mass is 32.2. The van der Waals surface area contributed by atoms with Crippen molar-refractivity contribution in [3.63, 3.8) is 0 Å². The molecule has 3 rings (SSSR count). The molecule has 30 heavy (non-hydrogen) atoms. The van der Waals surface area contributed by atoms with Crippen molar-refractivity contribution in [1.29, 1.82) is 0 Å². The summed E-state index contributed by atoms with van der Waals surface area (Å²) in [6, 6.07) is 14.3. The van der Waals surface area contributed by atoms with E-state index in [4.69, 9.17) is 0 Å². The molecule has 8 nitrogen and oxygen atoms in total. The molecular weight excluding hydrogens is 402 g/mol. The number of nitrogens with one attached hydrogen (secondary N) is 1. The Balaban J connectivity index is 1.65. The molecule has 2 N–H and O–H groups in total. The van der Waals surface area contributed by atoms with Gasteiger partial charge in [-0.25, -0.2) is 12.7 Å². The van der Waals surface area contributed by atoms with E-state index in [9.17, 15) is 13.5 Å². The summed E-state index contributed by atoms with van der Waals surface area (Å²) in [5, 5.41) is 13.4. The molecule has 162 valence electrons. The molecule has 0 spiro atoms. The fourth-order valence-electron chi connectivity index (χ4n) is 3.50. The van der Waals surface area contributed by atoms with Gasteiger partial charge in [-0.15, -0.1) is 0 Å². The molecule has 0 aliphatic carbocycles. The van der Waals surface area contributed by atoms with Gasteiger partial charge in [-0.3, -0.25) is 4.99 Å². The van der Waals surface area contributed by atoms with Crippen LogP contribution in [0.15, 0.2) is 58.4 Å².